The quantitative estimate of drug-likeness (QED) is 0.561. The molecule has 0 spiro atoms. The third kappa shape index (κ3) is 3.01. The highest BCUT2D eigenvalue weighted by Gasteiger charge is 2.40. The largest absolute Gasteiger partial charge is 0.272 e. The highest BCUT2D eigenvalue weighted by molar-refractivity contribution is 8.00. The normalized spacial score (nSPS) is 16.2. The molecule has 6 heteroatoms. The number of aromatic nitrogens is 1. The van der Waals surface area contributed by atoms with Crippen LogP contribution in [0.4, 0.5) is 11.5 Å². The van der Waals surface area contributed by atoms with Gasteiger partial charge in [0, 0.05) is 16.7 Å². The predicted octanol–water partition coefficient (Wildman–Crippen LogP) is 5.90. The van der Waals surface area contributed by atoms with E-state index < -0.39 is 0 Å². The van der Waals surface area contributed by atoms with Crippen LogP contribution in [0.25, 0.3) is 0 Å². The Hall–Kier alpha value is -2.01. The van der Waals surface area contributed by atoms with E-state index in [1.54, 1.807) is 29.3 Å². The molecular formula is C19H12Cl2N2OS. The van der Waals surface area contributed by atoms with Crippen LogP contribution in [0.2, 0.25) is 10.0 Å². The molecule has 0 radical (unpaired) electrons. The van der Waals surface area contributed by atoms with Crippen molar-refractivity contribution < 1.29 is 4.79 Å². The van der Waals surface area contributed by atoms with E-state index in [4.69, 9.17) is 23.2 Å². The maximum absolute atomic E-state index is 13.2. The van der Waals surface area contributed by atoms with E-state index >= 15 is 0 Å². The number of anilines is 2. The Morgan fingerprint density at radius 2 is 1.76 bits per heavy atom. The van der Waals surface area contributed by atoms with E-state index in [1.807, 2.05) is 42.5 Å². The minimum Gasteiger partial charge on any atom is -0.272 e. The summed E-state index contributed by atoms with van der Waals surface area (Å²) < 4.78 is 0. The molecule has 3 nitrogen and oxygen atoms in total. The Morgan fingerprint density at radius 1 is 0.960 bits per heavy atom. The first kappa shape index (κ1) is 16.5. The van der Waals surface area contributed by atoms with E-state index in [0.29, 0.717) is 21.6 Å². The molecule has 0 saturated carbocycles. The number of pyridine rings is 1. The topological polar surface area (TPSA) is 33.2 Å². The Bertz CT molecular complexity index is 949. The molecule has 2 heterocycles. The summed E-state index contributed by atoms with van der Waals surface area (Å²) in [6.07, 6.45) is 1.69. The number of nitrogens with zero attached hydrogens (tertiary/aromatic N) is 2. The average Bonchev–Trinajstić information content (AvgIpc) is 2.91. The van der Waals surface area contributed by atoms with Gasteiger partial charge in [-0.25, -0.2) is 4.98 Å². The van der Waals surface area contributed by atoms with Gasteiger partial charge in [-0.3, -0.25) is 9.69 Å². The van der Waals surface area contributed by atoms with Crippen molar-refractivity contribution in [2.24, 2.45) is 0 Å². The average molecular weight is 387 g/mol. The standard InChI is InChI=1S/C19H12Cl2N2OS/c20-15-9-8-12(11-16(15)21)23-18-14(7-4-10-22-18)17(19(23)24)25-13-5-2-1-3-6-13/h1-11,17H. The molecule has 1 unspecified atom stereocenters. The number of carbonyl (C=O) groups is 1. The maximum Gasteiger partial charge on any atom is 0.250 e. The van der Waals surface area contributed by atoms with E-state index in [-0.39, 0.29) is 11.2 Å². The van der Waals surface area contributed by atoms with E-state index in [1.165, 1.54) is 11.8 Å². The first-order valence-electron chi connectivity index (χ1n) is 7.61. The van der Waals surface area contributed by atoms with Crippen molar-refractivity contribution in [3.8, 4) is 0 Å². The first-order valence-corrected chi connectivity index (χ1v) is 9.24. The second-order valence-corrected chi connectivity index (χ2v) is 7.49. The summed E-state index contributed by atoms with van der Waals surface area (Å²) in [7, 11) is 0. The number of thioether (sulfide) groups is 1. The van der Waals surface area contributed by atoms with Crippen molar-refractivity contribution in [2.45, 2.75) is 10.1 Å². The van der Waals surface area contributed by atoms with Gasteiger partial charge in [0.2, 0.25) is 0 Å². The molecular weight excluding hydrogens is 375 g/mol. The van der Waals surface area contributed by atoms with Gasteiger partial charge >= 0.3 is 0 Å². The zero-order chi connectivity index (χ0) is 17.4. The summed E-state index contributed by atoms with van der Waals surface area (Å²) in [4.78, 5) is 20.2. The summed E-state index contributed by atoms with van der Waals surface area (Å²) in [5, 5.41) is 0.512. The lowest BCUT2D eigenvalue weighted by Gasteiger charge is -2.17. The van der Waals surface area contributed by atoms with Gasteiger partial charge in [0.1, 0.15) is 11.1 Å². The smallest absolute Gasteiger partial charge is 0.250 e. The molecule has 1 atom stereocenters. The van der Waals surface area contributed by atoms with Crippen LogP contribution in [0.5, 0.6) is 0 Å². The van der Waals surface area contributed by atoms with Crippen molar-refractivity contribution >= 4 is 52.4 Å². The van der Waals surface area contributed by atoms with Crippen LogP contribution >= 0.6 is 35.0 Å². The van der Waals surface area contributed by atoms with Gasteiger partial charge in [-0.1, -0.05) is 47.5 Å². The second kappa shape index (κ2) is 6.71. The molecule has 0 saturated heterocycles. The summed E-state index contributed by atoms with van der Waals surface area (Å²) in [5.41, 5.74) is 1.56. The highest BCUT2D eigenvalue weighted by atomic mass is 35.5. The monoisotopic (exact) mass is 386 g/mol. The molecule has 0 fully saturated rings. The molecule has 2 aromatic carbocycles. The number of halogens is 2. The minimum atomic E-state index is -0.347. The van der Waals surface area contributed by atoms with Crippen LogP contribution in [-0.4, -0.2) is 10.9 Å². The van der Waals surface area contributed by atoms with Gasteiger partial charge in [0.25, 0.3) is 5.91 Å². The van der Waals surface area contributed by atoms with Crippen LogP contribution in [0, 0.1) is 0 Å². The number of hydrogen-bond donors (Lipinski definition) is 0. The van der Waals surface area contributed by atoms with Crippen LogP contribution in [0.1, 0.15) is 10.8 Å². The van der Waals surface area contributed by atoms with E-state index in [0.717, 1.165) is 10.5 Å². The zero-order valence-corrected chi connectivity index (χ0v) is 15.2. The van der Waals surface area contributed by atoms with Crippen molar-refractivity contribution in [3.63, 3.8) is 0 Å². The van der Waals surface area contributed by atoms with Crippen LogP contribution < -0.4 is 4.90 Å². The van der Waals surface area contributed by atoms with Gasteiger partial charge < -0.3 is 0 Å². The lowest BCUT2D eigenvalue weighted by atomic mass is 10.2. The molecule has 1 aliphatic rings. The molecule has 1 aromatic heterocycles. The number of amides is 1. The Morgan fingerprint density at radius 3 is 2.52 bits per heavy atom. The fourth-order valence-corrected chi connectivity index (χ4v) is 4.17. The van der Waals surface area contributed by atoms with Gasteiger partial charge in [-0.05, 0) is 36.4 Å². The fraction of sp³-hybridized carbons (Fsp3) is 0.0526. The third-order valence-corrected chi connectivity index (χ3v) is 5.89. The fourth-order valence-electron chi connectivity index (χ4n) is 2.78. The number of benzene rings is 2. The van der Waals surface area contributed by atoms with Crippen LogP contribution in [-0.2, 0) is 4.79 Å². The van der Waals surface area contributed by atoms with Gasteiger partial charge in [0.05, 0.1) is 15.7 Å². The lowest BCUT2D eigenvalue weighted by molar-refractivity contribution is -0.116. The van der Waals surface area contributed by atoms with E-state index in [9.17, 15) is 4.79 Å². The Kier molecular flexibility index (Phi) is 4.42. The molecule has 124 valence electrons. The van der Waals surface area contributed by atoms with Crippen molar-refractivity contribution in [1.29, 1.82) is 0 Å². The summed E-state index contributed by atoms with van der Waals surface area (Å²) in [6, 6.07) is 18.8. The molecule has 1 aliphatic heterocycles. The second-order valence-electron chi connectivity index (χ2n) is 5.50. The van der Waals surface area contributed by atoms with Crippen LogP contribution in [0.15, 0.2) is 71.8 Å². The zero-order valence-electron chi connectivity index (χ0n) is 12.9. The minimum absolute atomic E-state index is 0.0408. The molecule has 3 aromatic rings. The Balaban J connectivity index is 1.77. The molecule has 1 amide bonds. The number of carbonyl (C=O) groups excluding carboxylic acids is 1. The van der Waals surface area contributed by atoms with Crippen molar-refractivity contribution in [3.05, 3.63) is 82.5 Å². The van der Waals surface area contributed by atoms with Gasteiger partial charge in [-0.15, -0.1) is 11.8 Å². The molecule has 0 bridgehead atoms. The number of hydrogen-bond acceptors (Lipinski definition) is 3. The van der Waals surface area contributed by atoms with Gasteiger partial charge in [-0.2, -0.15) is 0 Å². The van der Waals surface area contributed by atoms with Crippen molar-refractivity contribution in [1.82, 2.24) is 4.98 Å². The molecule has 0 aliphatic carbocycles. The summed E-state index contributed by atoms with van der Waals surface area (Å²) in [6.45, 7) is 0. The van der Waals surface area contributed by atoms with Gasteiger partial charge in [0.15, 0.2) is 0 Å². The molecule has 0 N–H and O–H groups in total. The van der Waals surface area contributed by atoms with E-state index in [2.05, 4.69) is 4.98 Å². The van der Waals surface area contributed by atoms with Crippen molar-refractivity contribution in [2.75, 3.05) is 4.90 Å². The maximum atomic E-state index is 13.2. The first-order chi connectivity index (χ1) is 12.1. The lowest BCUT2D eigenvalue weighted by Crippen LogP contribution is -2.23. The van der Waals surface area contributed by atoms with Crippen LogP contribution in [0.3, 0.4) is 0 Å². The molecule has 4 rings (SSSR count). The summed E-state index contributed by atoms with van der Waals surface area (Å²) >= 11 is 13.7. The highest BCUT2D eigenvalue weighted by Crippen LogP contribution is 2.48. The summed E-state index contributed by atoms with van der Waals surface area (Å²) in [5.74, 6) is 0.597. The third-order valence-electron chi connectivity index (χ3n) is 3.91. The SMILES string of the molecule is O=C1C(Sc2ccccc2)c2cccnc2N1c1ccc(Cl)c(Cl)c1. The predicted molar refractivity (Wildman–Crippen MR) is 103 cm³/mol. The Labute approximate surface area is 159 Å². The molecule has 25 heavy (non-hydrogen) atoms. The number of rotatable bonds is 3. The number of fused-ring (bicyclic) bond motifs is 1.